The van der Waals surface area contributed by atoms with Crippen LogP contribution in [0.25, 0.3) is 0 Å². The number of halogens is 2. The number of rotatable bonds is 3. The third-order valence-corrected chi connectivity index (χ3v) is 1.85. The van der Waals surface area contributed by atoms with Gasteiger partial charge in [0.05, 0.1) is 12.2 Å². The number of pyridine rings is 1. The van der Waals surface area contributed by atoms with Crippen molar-refractivity contribution in [3.05, 3.63) is 23.0 Å². The van der Waals surface area contributed by atoms with Crippen LogP contribution in [0.5, 0.6) is 5.75 Å². The summed E-state index contributed by atoms with van der Waals surface area (Å²) >= 11 is 0. The Kier molecular flexibility index (Phi) is 3.76. The molecule has 4 nitrogen and oxygen atoms in total. The second kappa shape index (κ2) is 4.87. The summed E-state index contributed by atoms with van der Waals surface area (Å²) in [6, 6.07) is 1.03. The summed E-state index contributed by atoms with van der Waals surface area (Å²) in [6.07, 6.45) is -2.87. The predicted molar refractivity (Wildman–Crippen MR) is 51.6 cm³/mol. The van der Waals surface area contributed by atoms with Crippen LogP contribution in [0.15, 0.2) is 6.07 Å². The SMILES string of the molecule is CCOC(=O)c1nc(C)cc(C(F)F)c1O. The van der Waals surface area contributed by atoms with E-state index in [1.807, 2.05) is 0 Å². The molecule has 0 bridgehead atoms. The number of aryl methyl sites for hydroxylation is 1. The van der Waals surface area contributed by atoms with Crippen LogP contribution in [-0.4, -0.2) is 22.7 Å². The van der Waals surface area contributed by atoms with E-state index < -0.39 is 29.4 Å². The van der Waals surface area contributed by atoms with Gasteiger partial charge in [0.25, 0.3) is 6.43 Å². The number of alkyl halides is 2. The molecule has 0 saturated heterocycles. The van der Waals surface area contributed by atoms with Crippen LogP contribution in [0.4, 0.5) is 8.78 Å². The van der Waals surface area contributed by atoms with E-state index in [0.29, 0.717) is 0 Å². The molecule has 0 atom stereocenters. The molecule has 88 valence electrons. The second-order valence-electron chi connectivity index (χ2n) is 3.07. The van der Waals surface area contributed by atoms with E-state index in [2.05, 4.69) is 9.72 Å². The minimum Gasteiger partial charge on any atom is -0.505 e. The Labute approximate surface area is 90.9 Å². The Morgan fingerprint density at radius 3 is 2.75 bits per heavy atom. The van der Waals surface area contributed by atoms with Crippen molar-refractivity contribution >= 4 is 5.97 Å². The topological polar surface area (TPSA) is 59.4 Å². The molecule has 16 heavy (non-hydrogen) atoms. The predicted octanol–water partition coefficient (Wildman–Crippen LogP) is 2.21. The van der Waals surface area contributed by atoms with Gasteiger partial charge >= 0.3 is 5.97 Å². The Morgan fingerprint density at radius 1 is 1.62 bits per heavy atom. The van der Waals surface area contributed by atoms with Crippen molar-refractivity contribution in [2.45, 2.75) is 20.3 Å². The highest BCUT2D eigenvalue weighted by Gasteiger charge is 2.22. The van der Waals surface area contributed by atoms with Crippen molar-refractivity contribution in [2.24, 2.45) is 0 Å². The summed E-state index contributed by atoms with van der Waals surface area (Å²) in [7, 11) is 0. The lowest BCUT2D eigenvalue weighted by molar-refractivity contribution is 0.0514. The largest absolute Gasteiger partial charge is 0.505 e. The van der Waals surface area contributed by atoms with Gasteiger partial charge in [0.15, 0.2) is 11.4 Å². The van der Waals surface area contributed by atoms with E-state index >= 15 is 0 Å². The highest BCUT2D eigenvalue weighted by Crippen LogP contribution is 2.31. The van der Waals surface area contributed by atoms with Crippen LogP contribution in [0.2, 0.25) is 0 Å². The molecule has 0 fully saturated rings. The van der Waals surface area contributed by atoms with Gasteiger partial charge in [0.1, 0.15) is 0 Å². The third kappa shape index (κ3) is 2.44. The molecular formula is C10H11F2NO3. The first-order valence-corrected chi connectivity index (χ1v) is 4.63. The lowest BCUT2D eigenvalue weighted by atomic mass is 10.1. The van der Waals surface area contributed by atoms with Gasteiger partial charge < -0.3 is 9.84 Å². The third-order valence-electron chi connectivity index (χ3n) is 1.85. The molecule has 0 amide bonds. The molecule has 0 aromatic carbocycles. The molecular weight excluding hydrogens is 220 g/mol. The molecule has 0 spiro atoms. The summed E-state index contributed by atoms with van der Waals surface area (Å²) in [5.41, 5.74) is -0.871. The zero-order chi connectivity index (χ0) is 12.3. The van der Waals surface area contributed by atoms with Gasteiger partial charge in [0, 0.05) is 5.69 Å². The standard InChI is InChI=1S/C10H11F2NO3/c1-3-16-10(15)7-8(14)6(9(11)12)4-5(2)13-7/h4,9,14H,3H2,1-2H3. The number of aromatic hydroxyl groups is 1. The number of hydrogen-bond donors (Lipinski definition) is 1. The molecule has 6 heteroatoms. The van der Waals surface area contributed by atoms with Gasteiger partial charge in [-0.3, -0.25) is 0 Å². The minimum atomic E-state index is -2.87. The fourth-order valence-corrected chi connectivity index (χ4v) is 1.20. The van der Waals surface area contributed by atoms with E-state index in [1.165, 1.54) is 6.92 Å². The first kappa shape index (κ1) is 12.4. The normalized spacial score (nSPS) is 10.6. The molecule has 0 aliphatic rings. The maximum Gasteiger partial charge on any atom is 0.360 e. The van der Waals surface area contributed by atoms with Gasteiger partial charge in [-0.1, -0.05) is 0 Å². The van der Waals surface area contributed by atoms with E-state index in [-0.39, 0.29) is 12.3 Å². The number of esters is 1. The van der Waals surface area contributed by atoms with Crippen LogP contribution in [0.1, 0.15) is 35.1 Å². The number of ether oxygens (including phenoxy) is 1. The Bertz CT molecular complexity index is 407. The van der Waals surface area contributed by atoms with E-state index in [9.17, 15) is 18.7 Å². The molecule has 1 aromatic heterocycles. The van der Waals surface area contributed by atoms with Crippen molar-refractivity contribution in [1.29, 1.82) is 0 Å². The lowest BCUT2D eigenvalue weighted by Gasteiger charge is -2.09. The smallest absolute Gasteiger partial charge is 0.360 e. The molecule has 1 rings (SSSR count). The zero-order valence-electron chi connectivity index (χ0n) is 8.83. The first-order chi connectivity index (χ1) is 7.47. The summed E-state index contributed by atoms with van der Waals surface area (Å²) in [5.74, 6) is -1.73. The van der Waals surface area contributed by atoms with Gasteiger partial charge in [0.2, 0.25) is 0 Å². The van der Waals surface area contributed by atoms with Gasteiger partial charge in [-0.2, -0.15) is 0 Å². The fraction of sp³-hybridized carbons (Fsp3) is 0.400. The van der Waals surface area contributed by atoms with Crippen LogP contribution < -0.4 is 0 Å². The fourth-order valence-electron chi connectivity index (χ4n) is 1.20. The molecule has 1 aromatic rings. The monoisotopic (exact) mass is 231 g/mol. The summed E-state index contributed by atoms with van der Waals surface area (Å²) in [5, 5.41) is 9.44. The highest BCUT2D eigenvalue weighted by atomic mass is 19.3. The average molecular weight is 231 g/mol. The highest BCUT2D eigenvalue weighted by molar-refractivity contribution is 5.90. The molecule has 0 saturated carbocycles. The number of carbonyl (C=O) groups is 1. The molecule has 1 N–H and O–H groups in total. The second-order valence-corrected chi connectivity index (χ2v) is 3.07. The van der Waals surface area contributed by atoms with Crippen LogP contribution in [-0.2, 0) is 4.74 Å². The minimum absolute atomic E-state index is 0.0813. The van der Waals surface area contributed by atoms with Gasteiger partial charge in [-0.15, -0.1) is 0 Å². The number of carbonyl (C=O) groups excluding carboxylic acids is 1. The molecule has 0 radical (unpaired) electrons. The average Bonchev–Trinajstić information content (AvgIpc) is 2.20. The maximum absolute atomic E-state index is 12.5. The molecule has 0 aliphatic heterocycles. The van der Waals surface area contributed by atoms with E-state index in [0.717, 1.165) is 6.07 Å². The zero-order valence-corrected chi connectivity index (χ0v) is 8.83. The van der Waals surface area contributed by atoms with Crippen LogP contribution >= 0.6 is 0 Å². The molecule has 1 heterocycles. The lowest BCUT2D eigenvalue weighted by Crippen LogP contribution is -2.09. The Morgan fingerprint density at radius 2 is 2.25 bits per heavy atom. The quantitative estimate of drug-likeness (QED) is 0.810. The van der Waals surface area contributed by atoms with E-state index in [4.69, 9.17) is 0 Å². The molecule has 0 unspecified atom stereocenters. The summed E-state index contributed by atoms with van der Waals surface area (Å²) in [6.45, 7) is 3.10. The maximum atomic E-state index is 12.5. The Hall–Kier alpha value is -1.72. The van der Waals surface area contributed by atoms with Crippen molar-refractivity contribution < 1.29 is 23.4 Å². The number of hydrogen-bond acceptors (Lipinski definition) is 4. The van der Waals surface area contributed by atoms with Crippen molar-refractivity contribution in [3.63, 3.8) is 0 Å². The Balaban J connectivity index is 3.24. The van der Waals surface area contributed by atoms with Crippen LogP contribution in [0, 0.1) is 6.92 Å². The van der Waals surface area contributed by atoms with Gasteiger partial charge in [-0.25, -0.2) is 18.6 Å². The van der Waals surface area contributed by atoms with Crippen molar-refractivity contribution in [2.75, 3.05) is 6.61 Å². The van der Waals surface area contributed by atoms with Gasteiger partial charge in [-0.05, 0) is 19.9 Å². The van der Waals surface area contributed by atoms with Crippen molar-refractivity contribution in [1.82, 2.24) is 4.98 Å². The van der Waals surface area contributed by atoms with Crippen LogP contribution in [0.3, 0.4) is 0 Å². The van der Waals surface area contributed by atoms with E-state index in [1.54, 1.807) is 6.92 Å². The van der Waals surface area contributed by atoms with Crippen molar-refractivity contribution in [3.8, 4) is 5.75 Å². The summed E-state index contributed by atoms with van der Waals surface area (Å²) in [4.78, 5) is 15.0. The summed E-state index contributed by atoms with van der Waals surface area (Å²) < 4.78 is 29.6. The number of aromatic nitrogens is 1. The number of nitrogens with zero attached hydrogens (tertiary/aromatic N) is 1. The molecule has 0 aliphatic carbocycles. The first-order valence-electron chi connectivity index (χ1n) is 4.63.